The Morgan fingerprint density at radius 3 is 2.44 bits per heavy atom. The lowest BCUT2D eigenvalue weighted by Crippen LogP contribution is -2.55. The molecule has 18 heavy (non-hydrogen) atoms. The van der Waals surface area contributed by atoms with Crippen LogP contribution in [0.1, 0.15) is 46.5 Å². The van der Waals surface area contributed by atoms with Gasteiger partial charge in [0.05, 0.1) is 5.54 Å². The third-order valence-corrected chi connectivity index (χ3v) is 4.65. The molecule has 1 fully saturated rings. The summed E-state index contributed by atoms with van der Waals surface area (Å²) in [6, 6.07) is 0.396. The molecule has 0 aromatic rings. The molecule has 106 valence electrons. The van der Waals surface area contributed by atoms with E-state index in [2.05, 4.69) is 24.1 Å². The molecule has 0 saturated carbocycles. The molecule has 0 aliphatic carbocycles. The summed E-state index contributed by atoms with van der Waals surface area (Å²) in [6.45, 7) is 8.67. The van der Waals surface area contributed by atoms with Crippen molar-refractivity contribution in [3.63, 3.8) is 0 Å². The number of hydrogen-bond acceptors (Lipinski definition) is 3. The van der Waals surface area contributed by atoms with Crippen molar-refractivity contribution >= 4 is 5.91 Å². The number of piperidine rings is 1. The lowest BCUT2D eigenvalue weighted by molar-refractivity contribution is -0.124. The highest BCUT2D eigenvalue weighted by Gasteiger charge is 2.33. The summed E-state index contributed by atoms with van der Waals surface area (Å²) in [5, 5.41) is 3.07. The molecule has 4 heteroatoms. The van der Waals surface area contributed by atoms with Crippen LogP contribution in [0.2, 0.25) is 0 Å². The van der Waals surface area contributed by atoms with E-state index in [0.717, 1.165) is 25.4 Å². The molecule has 0 bridgehead atoms. The smallest absolute Gasteiger partial charge is 0.237 e. The Morgan fingerprint density at radius 2 is 2.06 bits per heavy atom. The first-order valence-electron chi connectivity index (χ1n) is 7.15. The van der Waals surface area contributed by atoms with Crippen LogP contribution in [0, 0.1) is 5.92 Å². The molecular weight excluding hydrogens is 226 g/mol. The van der Waals surface area contributed by atoms with Crippen molar-refractivity contribution in [2.24, 2.45) is 11.7 Å². The average Bonchev–Trinajstić information content (AvgIpc) is 2.38. The van der Waals surface area contributed by atoms with Crippen LogP contribution in [0.3, 0.4) is 0 Å². The minimum absolute atomic E-state index is 0.264. The van der Waals surface area contributed by atoms with Crippen LogP contribution in [-0.4, -0.2) is 42.5 Å². The van der Waals surface area contributed by atoms with Crippen LogP contribution in [0.25, 0.3) is 0 Å². The number of amides is 1. The van der Waals surface area contributed by atoms with Gasteiger partial charge in [-0.15, -0.1) is 0 Å². The molecule has 1 aliphatic rings. The zero-order valence-corrected chi connectivity index (χ0v) is 12.3. The SMILES string of the molecule is CCC1CCN(C(C)CC(C)(NC)C(N)=O)CC1. The van der Waals surface area contributed by atoms with Crippen molar-refractivity contribution in [2.75, 3.05) is 20.1 Å². The number of carbonyl (C=O) groups is 1. The van der Waals surface area contributed by atoms with Crippen molar-refractivity contribution < 1.29 is 4.79 Å². The Balaban J connectivity index is 2.50. The molecular formula is C14H29N3O. The number of rotatable bonds is 6. The molecule has 2 unspecified atom stereocenters. The maximum absolute atomic E-state index is 11.5. The number of primary amides is 1. The van der Waals surface area contributed by atoms with Gasteiger partial charge in [-0.1, -0.05) is 13.3 Å². The average molecular weight is 255 g/mol. The molecule has 0 aromatic heterocycles. The Labute approximate surface area is 111 Å². The van der Waals surface area contributed by atoms with Gasteiger partial charge in [0.2, 0.25) is 5.91 Å². The van der Waals surface area contributed by atoms with Gasteiger partial charge >= 0.3 is 0 Å². The monoisotopic (exact) mass is 255 g/mol. The van der Waals surface area contributed by atoms with Gasteiger partial charge in [-0.3, -0.25) is 4.79 Å². The van der Waals surface area contributed by atoms with Crippen molar-refractivity contribution in [1.82, 2.24) is 10.2 Å². The van der Waals surface area contributed by atoms with Gasteiger partial charge < -0.3 is 16.0 Å². The van der Waals surface area contributed by atoms with E-state index in [-0.39, 0.29) is 5.91 Å². The summed E-state index contributed by atoms with van der Waals surface area (Å²) < 4.78 is 0. The van der Waals surface area contributed by atoms with E-state index in [1.807, 2.05) is 6.92 Å². The molecule has 1 aliphatic heterocycles. The van der Waals surface area contributed by atoms with Crippen molar-refractivity contribution in [3.05, 3.63) is 0 Å². The topological polar surface area (TPSA) is 58.4 Å². The Morgan fingerprint density at radius 1 is 1.50 bits per heavy atom. The van der Waals surface area contributed by atoms with Gasteiger partial charge in [-0.05, 0) is 59.2 Å². The van der Waals surface area contributed by atoms with E-state index in [1.54, 1.807) is 7.05 Å². The number of likely N-dealkylation sites (N-methyl/N-ethyl adjacent to an activating group) is 1. The Bertz CT molecular complexity index is 274. The van der Waals surface area contributed by atoms with E-state index in [4.69, 9.17) is 5.73 Å². The van der Waals surface area contributed by atoms with E-state index in [0.29, 0.717) is 6.04 Å². The first-order chi connectivity index (χ1) is 8.42. The quantitative estimate of drug-likeness (QED) is 0.753. The molecule has 1 rings (SSSR count). The molecule has 0 spiro atoms. The van der Waals surface area contributed by atoms with Crippen molar-refractivity contribution in [1.29, 1.82) is 0 Å². The minimum atomic E-state index is -0.596. The number of carbonyl (C=O) groups excluding carboxylic acids is 1. The van der Waals surface area contributed by atoms with Gasteiger partial charge in [0, 0.05) is 6.04 Å². The molecule has 2 atom stereocenters. The lowest BCUT2D eigenvalue weighted by Gasteiger charge is -2.39. The molecule has 4 nitrogen and oxygen atoms in total. The summed E-state index contributed by atoms with van der Waals surface area (Å²) in [5.41, 5.74) is 4.89. The van der Waals surface area contributed by atoms with Gasteiger partial charge in [-0.2, -0.15) is 0 Å². The van der Waals surface area contributed by atoms with Crippen LogP contribution in [0.5, 0.6) is 0 Å². The summed E-state index contributed by atoms with van der Waals surface area (Å²) in [4.78, 5) is 14.0. The Hall–Kier alpha value is -0.610. The van der Waals surface area contributed by atoms with Crippen LogP contribution in [0.4, 0.5) is 0 Å². The van der Waals surface area contributed by atoms with Gasteiger partial charge in [0.15, 0.2) is 0 Å². The maximum atomic E-state index is 11.5. The molecule has 1 amide bonds. The van der Waals surface area contributed by atoms with Crippen molar-refractivity contribution in [2.45, 2.75) is 58.0 Å². The molecule has 0 aromatic carbocycles. The largest absolute Gasteiger partial charge is 0.368 e. The van der Waals surface area contributed by atoms with Gasteiger partial charge in [0.1, 0.15) is 0 Å². The number of nitrogens with two attached hydrogens (primary N) is 1. The lowest BCUT2D eigenvalue weighted by atomic mass is 9.89. The highest BCUT2D eigenvalue weighted by atomic mass is 16.1. The molecule has 1 saturated heterocycles. The third-order valence-electron chi connectivity index (χ3n) is 4.65. The van der Waals surface area contributed by atoms with Crippen molar-refractivity contribution in [3.8, 4) is 0 Å². The third kappa shape index (κ3) is 3.69. The normalized spacial score (nSPS) is 23.6. The van der Waals surface area contributed by atoms with Crippen LogP contribution >= 0.6 is 0 Å². The maximum Gasteiger partial charge on any atom is 0.237 e. The predicted octanol–water partition coefficient (Wildman–Crippen LogP) is 1.35. The summed E-state index contributed by atoms with van der Waals surface area (Å²) in [5.74, 6) is 0.626. The predicted molar refractivity (Wildman–Crippen MR) is 75.3 cm³/mol. The highest BCUT2D eigenvalue weighted by molar-refractivity contribution is 5.84. The Kier molecular flexibility index (Phi) is 5.60. The van der Waals surface area contributed by atoms with E-state index in [1.165, 1.54) is 19.3 Å². The van der Waals surface area contributed by atoms with Crippen LogP contribution in [-0.2, 0) is 4.79 Å². The number of hydrogen-bond donors (Lipinski definition) is 2. The summed E-state index contributed by atoms with van der Waals surface area (Å²) in [6.07, 6.45) is 4.63. The van der Waals surface area contributed by atoms with Gasteiger partial charge in [0.25, 0.3) is 0 Å². The number of nitrogens with zero attached hydrogens (tertiary/aromatic N) is 1. The van der Waals surface area contributed by atoms with E-state index < -0.39 is 5.54 Å². The first kappa shape index (κ1) is 15.4. The standard InChI is InChI=1S/C14H29N3O/c1-5-12-6-8-17(9-7-12)11(2)10-14(3,16-4)13(15)18/h11-12,16H,5-10H2,1-4H3,(H2,15,18). The first-order valence-corrected chi connectivity index (χ1v) is 7.15. The fraction of sp³-hybridized carbons (Fsp3) is 0.929. The van der Waals surface area contributed by atoms with Gasteiger partial charge in [-0.25, -0.2) is 0 Å². The van der Waals surface area contributed by atoms with E-state index in [9.17, 15) is 4.79 Å². The van der Waals surface area contributed by atoms with Crippen LogP contribution in [0.15, 0.2) is 0 Å². The summed E-state index contributed by atoms with van der Waals surface area (Å²) in [7, 11) is 1.81. The molecule has 0 radical (unpaired) electrons. The van der Waals surface area contributed by atoms with Crippen LogP contribution < -0.4 is 11.1 Å². The number of likely N-dealkylation sites (tertiary alicyclic amines) is 1. The second kappa shape index (κ2) is 6.53. The summed E-state index contributed by atoms with van der Waals surface area (Å²) >= 11 is 0. The fourth-order valence-electron chi connectivity index (χ4n) is 2.85. The zero-order valence-electron chi connectivity index (χ0n) is 12.3. The highest BCUT2D eigenvalue weighted by Crippen LogP contribution is 2.24. The zero-order chi connectivity index (χ0) is 13.8. The second-order valence-corrected chi connectivity index (χ2v) is 5.89. The van der Waals surface area contributed by atoms with E-state index >= 15 is 0 Å². The fourth-order valence-corrected chi connectivity index (χ4v) is 2.85. The minimum Gasteiger partial charge on any atom is -0.368 e. The molecule has 1 heterocycles. The molecule has 3 N–H and O–H groups in total. The number of nitrogens with one attached hydrogen (secondary N) is 1. The second-order valence-electron chi connectivity index (χ2n) is 5.89.